The van der Waals surface area contributed by atoms with E-state index in [0.717, 1.165) is 6.26 Å². The topological polar surface area (TPSA) is 63.2 Å². The summed E-state index contributed by atoms with van der Waals surface area (Å²) in [5.74, 6) is -0.303. The minimum absolute atomic E-state index is 0.121. The molecule has 1 amide bonds. The van der Waals surface area contributed by atoms with E-state index in [2.05, 4.69) is 5.32 Å². The fraction of sp³-hybridized carbons (Fsp3) is 0.222. The molecule has 6 heteroatoms. The van der Waals surface area contributed by atoms with Gasteiger partial charge in [0.1, 0.15) is 0 Å². The van der Waals surface area contributed by atoms with Crippen molar-refractivity contribution < 1.29 is 13.2 Å². The molecule has 0 fully saturated rings. The summed E-state index contributed by atoms with van der Waals surface area (Å²) >= 11 is 5.78. The number of carbonyl (C=O) groups is 1. The summed E-state index contributed by atoms with van der Waals surface area (Å²) < 4.78 is 22.5. The summed E-state index contributed by atoms with van der Waals surface area (Å²) in [5, 5.41) is 2.75. The van der Waals surface area contributed by atoms with Crippen LogP contribution in [0.15, 0.2) is 23.1 Å². The van der Waals surface area contributed by atoms with Crippen molar-refractivity contribution in [3.8, 4) is 0 Å². The zero-order valence-corrected chi connectivity index (χ0v) is 9.82. The van der Waals surface area contributed by atoms with Crippen LogP contribution < -0.4 is 5.32 Å². The summed E-state index contributed by atoms with van der Waals surface area (Å²) in [5.41, 5.74) is 0.298. The van der Waals surface area contributed by atoms with Crippen molar-refractivity contribution in [2.75, 3.05) is 11.6 Å². The van der Waals surface area contributed by atoms with E-state index in [4.69, 9.17) is 11.6 Å². The van der Waals surface area contributed by atoms with Crippen LogP contribution in [0.2, 0.25) is 5.02 Å². The van der Waals surface area contributed by atoms with Gasteiger partial charge in [0.15, 0.2) is 9.84 Å². The van der Waals surface area contributed by atoms with Gasteiger partial charge in [0.25, 0.3) is 0 Å². The van der Waals surface area contributed by atoms with Gasteiger partial charge in [0, 0.05) is 13.2 Å². The number of carbonyl (C=O) groups excluding carboxylic acids is 1. The third-order valence-corrected chi connectivity index (χ3v) is 3.12. The first kappa shape index (κ1) is 12.0. The van der Waals surface area contributed by atoms with E-state index < -0.39 is 9.84 Å². The molecule has 0 atom stereocenters. The van der Waals surface area contributed by atoms with Crippen LogP contribution in [0.25, 0.3) is 0 Å². The molecule has 0 spiro atoms. The van der Waals surface area contributed by atoms with Crippen molar-refractivity contribution >= 4 is 33.0 Å². The lowest BCUT2D eigenvalue weighted by Gasteiger charge is -2.06. The number of hydrogen-bond donors (Lipinski definition) is 1. The van der Waals surface area contributed by atoms with Gasteiger partial charge in [0.05, 0.1) is 15.6 Å². The Morgan fingerprint density at radius 1 is 1.40 bits per heavy atom. The Labute approximate surface area is 93.2 Å². The van der Waals surface area contributed by atoms with Gasteiger partial charge < -0.3 is 5.32 Å². The predicted molar refractivity (Wildman–Crippen MR) is 58.9 cm³/mol. The summed E-state index contributed by atoms with van der Waals surface area (Å²) in [6.07, 6.45) is 1.09. The molecule has 15 heavy (non-hydrogen) atoms. The number of anilines is 1. The van der Waals surface area contributed by atoms with Crippen molar-refractivity contribution in [1.29, 1.82) is 0 Å². The second-order valence-corrected chi connectivity index (χ2v) is 5.52. The lowest BCUT2D eigenvalue weighted by atomic mass is 10.3. The molecule has 1 aromatic carbocycles. The average molecular weight is 248 g/mol. The maximum absolute atomic E-state index is 11.2. The second-order valence-electron chi connectivity index (χ2n) is 3.10. The van der Waals surface area contributed by atoms with Crippen LogP contribution >= 0.6 is 11.6 Å². The zero-order chi connectivity index (χ0) is 11.6. The number of rotatable bonds is 2. The number of hydrogen-bond acceptors (Lipinski definition) is 3. The van der Waals surface area contributed by atoms with E-state index in [1.165, 1.54) is 25.1 Å². The molecule has 0 aliphatic carbocycles. The molecule has 0 saturated heterocycles. The van der Waals surface area contributed by atoms with Gasteiger partial charge in [-0.25, -0.2) is 8.42 Å². The molecular formula is C9H10ClNO3S. The third-order valence-electron chi connectivity index (χ3n) is 1.68. The Bertz CT molecular complexity index is 496. The molecule has 0 heterocycles. The molecule has 0 aliphatic heterocycles. The van der Waals surface area contributed by atoms with Gasteiger partial charge in [0.2, 0.25) is 5.91 Å². The SMILES string of the molecule is CC(=O)Nc1cc(S(C)(=O)=O)ccc1Cl. The van der Waals surface area contributed by atoms with Gasteiger partial charge >= 0.3 is 0 Å². The predicted octanol–water partition coefficient (Wildman–Crippen LogP) is 1.70. The van der Waals surface area contributed by atoms with Crippen molar-refractivity contribution in [1.82, 2.24) is 0 Å². The van der Waals surface area contributed by atoms with E-state index in [9.17, 15) is 13.2 Å². The van der Waals surface area contributed by atoms with Gasteiger partial charge in [-0.3, -0.25) is 4.79 Å². The standard InChI is InChI=1S/C9H10ClNO3S/c1-6(12)11-9-5-7(15(2,13)14)3-4-8(9)10/h3-5H,1-2H3,(H,11,12). The van der Waals surface area contributed by atoms with Crippen molar-refractivity contribution in [2.45, 2.75) is 11.8 Å². The highest BCUT2D eigenvalue weighted by atomic mass is 35.5. The molecular weight excluding hydrogens is 238 g/mol. The van der Waals surface area contributed by atoms with Crippen molar-refractivity contribution in [2.24, 2.45) is 0 Å². The molecule has 0 unspecified atom stereocenters. The van der Waals surface area contributed by atoms with Crippen molar-refractivity contribution in [3.05, 3.63) is 23.2 Å². The highest BCUT2D eigenvalue weighted by molar-refractivity contribution is 7.90. The Morgan fingerprint density at radius 3 is 2.47 bits per heavy atom. The summed E-state index contributed by atoms with van der Waals surface area (Å²) in [6.45, 7) is 1.32. The first-order chi connectivity index (χ1) is 6.80. The second kappa shape index (κ2) is 4.20. The number of amides is 1. The monoisotopic (exact) mass is 247 g/mol. The lowest BCUT2D eigenvalue weighted by Crippen LogP contribution is -2.07. The molecule has 82 valence electrons. The quantitative estimate of drug-likeness (QED) is 0.865. The van der Waals surface area contributed by atoms with Crippen LogP contribution in [-0.2, 0) is 14.6 Å². The highest BCUT2D eigenvalue weighted by Crippen LogP contribution is 2.25. The smallest absolute Gasteiger partial charge is 0.221 e. The van der Waals surface area contributed by atoms with Crippen LogP contribution in [0.5, 0.6) is 0 Å². The highest BCUT2D eigenvalue weighted by Gasteiger charge is 2.10. The third kappa shape index (κ3) is 3.21. The Morgan fingerprint density at radius 2 is 2.00 bits per heavy atom. The first-order valence-corrected chi connectivity index (χ1v) is 6.35. The number of benzene rings is 1. The van der Waals surface area contributed by atoms with E-state index >= 15 is 0 Å². The van der Waals surface area contributed by atoms with Crippen LogP contribution in [0.4, 0.5) is 5.69 Å². The Balaban J connectivity index is 3.23. The van der Waals surface area contributed by atoms with Gasteiger partial charge in [-0.05, 0) is 18.2 Å². The number of sulfone groups is 1. The van der Waals surface area contributed by atoms with Crippen LogP contribution in [0, 0.1) is 0 Å². The van der Waals surface area contributed by atoms with Crippen LogP contribution in [-0.4, -0.2) is 20.6 Å². The minimum Gasteiger partial charge on any atom is -0.325 e. The van der Waals surface area contributed by atoms with Gasteiger partial charge in [-0.2, -0.15) is 0 Å². The molecule has 4 nitrogen and oxygen atoms in total. The molecule has 1 N–H and O–H groups in total. The fourth-order valence-corrected chi connectivity index (χ4v) is 1.83. The summed E-state index contributed by atoms with van der Waals surface area (Å²) in [7, 11) is -3.29. The molecule has 0 aliphatic rings. The van der Waals surface area contributed by atoms with E-state index in [1.54, 1.807) is 0 Å². The molecule has 0 aromatic heterocycles. The van der Waals surface area contributed by atoms with Crippen molar-refractivity contribution in [3.63, 3.8) is 0 Å². The Kier molecular flexibility index (Phi) is 3.36. The number of halogens is 1. The number of nitrogens with one attached hydrogen (secondary N) is 1. The summed E-state index contributed by atoms with van der Waals surface area (Å²) in [6, 6.07) is 4.16. The molecule has 1 aromatic rings. The molecule has 0 radical (unpaired) electrons. The normalized spacial score (nSPS) is 11.1. The van der Waals surface area contributed by atoms with Crippen LogP contribution in [0.3, 0.4) is 0 Å². The van der Waals surface area contributed by atoms with Crippen LogP contribution in [0.1, 0.15) is 6.92 Å². The zero-order valence-electron chi connectivity index (χ0n) is 8.24. The molecule has 1 rings (SSSR count). The minimum atomic E-state index is -3.29. The van der Waals surface area contributed by atoms with E-state index in [1.807, 2.05) is 0 Å². The summed E-state index contributed by atoms with van der Waals surface area (Å²) in [4.78, 5) is 10.9. The molecule has 0 saturated carbocycles. The van der Waals surface area contributed by atoms with Gasteiger partial charge in [-0.1, -0.05) is 11.6 Å². The maximum Gasteiger partial charge on any atom is 0.221 e. The van der Waals surface area contributed by atoms with Gasteiger partial charge in [-0.15, -0.1) is 0 Å². The molecule has 0 bridgehead atoms. The largest absolute Gasteiger partial charge is 0.325 e. The first-order valence-electron chi connectivity index (χ1n) is 4.08. The van der Waals surface area contributed by atoms with E-state index in [0.29, 0.717) is 10.7 Å². The fourth-order valence-electron chi connectivity index (χ4n) is 1.02. The van der Waals surface area contributed by atoms with E-state index in [-0.39, 0.29) is 10.8 Å². The lowest BCUT2D eigenvalue weighted by molar-refractivity contribution is -0.114. The average Bonchev–Trinajstić information content (AvgIpc) is 2.06. The maximum atomic E-state index is 11.2. The Hall–Kier alpha value is -1.07.